The van der Waals surface area contributed by atoms with Crippen molar-refractivity contribution in [3.63, 3.8) is 0 Å². The lowest BCUT2D eigenvalue weighted by Crippen LogP contribution is -2.02. The Morgan fingerprint density at radius 3 is 2.89 bits per heavy atom. The molecule has 0 saturated carbocycles. The van der Waals surface area contributed by atoms with Gasteiger partial charge in [0.1, 0.15) is 0 Å². The highest BCUT2D eigenvalue weighted by molar-refractivity contribution is 6.28. The molecule has 0 aromatic carbocycles. The summed E-state index contributed by atoms with van der Waals surface area (Å²) in [7, 11) is 1.94. The molecule has 1 rings (SSSR count). The lowest BCUT2D eigenvalue weighted by Gasteiger charge is -2.09. The molecule has 1 atom stereocenters. The van der Waals surface area contributed by atoms with Gasteiger partial charge in [0.25, 0.3) is 7.48 Å². The van der Waals surface area contributed by atoms with Crippen LogP contribution in [0.5, 0.6) is 0 Å². The molecule has 1 heterocycles. The molecule has 0 spiro atoms. The van der Waals surface area contributed by atoms with Crippen LogP contribution >= 0.6 is 0 Å². The van der Waals surface area contributed by atoms with Crippen LogP contribution in [0.25, 0.3) is 0 Å². The van der Waals surface area contributed by atoms with E-state index in [0.717, 1.165) is 24.8 Å². The second-order valence-electron chi connectivity index (χ2n) is 3.23. The molecule has 0 amide bonds. The molecule has 0 N–H and O–H groups in total. The van der Waals surface area contributed by atoms with Crippen LogP contribution in [0.4, 0.5) is 0 Å². The molecular formula is C7H14BO. The van der Waals surface area contributed by atoms with Crippen molar-refractivity contribution < 1.29 is 4.65 Å². The average Bonchev–Trinajstić information content (AvgIpc) is 2.15. The van der Waals surface area contributed by atoms with Gasteiger partial charge in [0.2, 0.25) is 0 Å². The van der Waals surface area contributed by atoms with Gasteiger partial charge in [0.05, 0.1) is 0 Å². The number of rotatable bonds is 2. The predicted molar refractivity (Wildman–Crippen MR) is 39.5 cm³/mol. The molecule has 0 aliphatic carbocycles. The van der Waals surface area contributed by atoms with Crippen LogP contribution in [0.15, 0.2) is 0 Å². The van der Waals surface area contributed by atoms with Crippen LogP contribution < -0.4 is 0 Å². The quantitative estimate of drug-likeness (QED) is 0.510. The Labute approximate surface area is 58.1 Å². The standard InChI is InChI=1S/C7H14BO/c1-6(2)3-7-4-8-9-5-7/h6-7H,3-5H2,1-2H3. The summed E-state index contributed by atoms with van der Waals surface area (Å²) >= 11 is 0. The smallest absolute Gasteiger partial charge is 0.292 e. The predicted octanol–water partition coefficient (Wildman–Crippen LogP) is 1.72. The van der Waals surface area contributed by atoms with E-state index in [4.69, 9.17) is 4.65 Å². The Kier molecular flexibility index (Phi) is 2.58. The summed E-state index contributed by atoms with van der Waals surface area (Å²) in [5.74, 6) is 1.63. The summed E-state index contributed by atoms with van der Waals surface area (Å²) < 4.78 is 5.13. The molecule has 1 saturated heterocycles. The Balaban J connectivity index is 2.11. The van der Waals surface area contributed by atoms with Gasteiger partial charge in [-0.25, -0.2) is 0 Å². The fourth-order valence-electron chi connectivity index (χ4n) is 1.31. The fraction of sp³-hybridized carbons (Fsp3) is 1.00. The van der Waals surface area contributed by atoms with E-state index in [2.05, 4.69) is 13.8 Å². The minimum Gasteiger partial charge on any atom is -0.440 e. The first kappa shape index (κ1) is 7.14. The zero-order valence-corrected chi connectivity index (χ0v) is 6.26. The minimum atomic E-state index is 0.810. The highest BCUT2D eigenvalue weighted by Crippen LogP contribution is 2.20. The molecule has 1 aliphatic rings. The second-order valence-corrected chi connectivity index (χ2v) is 3.23. The topological polar surface area (TPSA) is 9.23 Å². The summed E-state index contributed by atoms with van der Waals surface area (Å²) in [6, 6.07) is 0. The first-order chi connectivity index (χ1) is 4.29. The third-order valence-electron chi connectivity index (χ3n) is 1.68. The molecule has 0 aromatic heterocycles. The number of hydrogen-bond acceptors (Lipinski definition) is 1. The molecule has 1 nitrogen and oxygen atoms in total. The monoisotopic (exact) mass is 125 g/mol. The summed E-state index contributed by atoms with van der Waals surface area (Å²) in [6.07, 6.45) is 2.48. The van der Waals surface area contributed by atoms with Gasteiger partial charge < -0.3 is 4.65 Å². The van der Waals surface area contributed by atoms with Crippen LogP contribution in [0.3, 0.4) is 0 Å². The Hall–Kier alpha value is 0.0249. The fourth-order valence-corrected chi connectivity index (χ4v) is 1.31. The van der Waals surface area contributed by atoms with E-state index in [1.807, 2.05) is 7.48 Å². The molecule has 9 heavy (non-hydrogen) atoms. The van der Waals surface area contributed by atoms with Crippen molar-refractivity contribution in [3.8, 4) is 0 Å². The molecule has 51 valence electrons. The Bertz CT molecular complexity index is 77.0. The third kappa shape index (κ3) is 2.40. The lowest BCUT2D eigenvalue weighted by atomic mass is 9.85. The van der Waals surface area contributed by atoms with Crippen LogP contribution in [0, 0.1) is 11.8 Å². The van der Waals surface area contributed by atoms with E-state index in [-0.39, 0.29) is 0 Å². The SMILES string of the molecule is CC(C)CC1C[B]OC1. The van der Waals surface area contributed by atoms with Crippen molar-refractivity contribution in [2.45, 2.75) is 26.6 Å². The van der Waals surface area contributed by atoms with E-state index >= 15 is 0 Å². The van der Waals surface area contributed by atoms with E-state index in [1.54, 1.807) is 0 Å². The second kappa shape index (κ2) is 3.26. The van der Waals surface area contributed by atoms with Gasteiger partial charge in [-0.2, -0.15) is 0 Å². The molecule has 1 fully saturated rings. The average molecular weight is 125 g/mol. The maximum Gasteiger partial charge on any atom is 0.292 e. The van der Waals surface area contributed by atoms with Crippen LogP contribution in [-0.2, 0) is 4.65 Å². The largest absolute Gasteiger partial charge is 0.440 e. The van der Waals surface area contributed by atoms with Gasteiger partial charge in [0.15, 0.2) is 0 Å². The van der Waals surface area contributed by atoms with Gasteiger partial charge >= 0.3 is 0 Å². The van der Waals surface area contributed by atoms with Crippen molar-refractivity contribution in [1.82, 2.24) is 0 Å². The molecule has 1 unspecified atom stereocenters. The molecule has 1 aliphatic heterocycles. The first-order valence-corrected chi connectivity index (χ1v) is 3.72. The van der Waals surface area contributed by atoms with Crippen molar-refractivity contribution in [2.24, 2.45) is 11.8 Å². The highest BCUT2D eigenvalue weighted by atomic mass is 16.4. The Morgan fingerprint density at radius 2 is 2.44 bits per heavy atom. The molecule has 1 radical (unpaired) electrons. The van der Waals surface area contributed by atoms with Crippen molar-refractivity contribution in [3.05, 3.63) is 0 Å². The molecular weight excluding hydrogens is 111 g/mol. The van der Waals surface area contributed by atoms with Crippen molar-refractivity contribution in [2.75, 3.05) is 6.61 Å². The van der Waals surface area contributed by atoms with Gasteiger partial charge in [0, 0.05) is 6.61 Å². The summed E-state index contributed by atoms with van der Waals surface area (Å²) in [5, 5.41) is 0. The van der Waals surface area contributed by atoms with Crippen LogP contribution in [0.1, 0.15) is 20.3 Å². The molecule has 0 aromatic rings. The van der Waals surface area contributed by atoms with Gasteiger partial charge in [-0.3, -0.25) is 0 Å². The zero-order chi connectivity index (χ0) is 6.69. The van der Waals surface area contributed by atoms with Crippen LogP contribution in [0.2, 0.25) is 6.32 Å². The van der Waals surface area contributed by atoms with Crippen molar-refractivity contribution >= 4 is 7.48 Å². The maximum absolute atomic E-state index is 5.13. The minimum absolute atomic E-state index is 0.810. The van der Waals surface area contributed by atoms with E-state index < -0.39 is 0 Å². The lowest BCUT2D eigenvalue weighted by molar-refractivity contribution is 0.295. The van der Waals surface area contributed by atoms with E-state index in [9.17, 15) is 0 Å². The summed E-state index contributed by atoms with van der Waals surface area (Å²) in [5.41, 5.74) is 0. The maximum atomic E-state index is 5.13. The van der Waals surface area contributed by atoms with Crippen LogP contribution in [-0.4, -0.2) is 14.1 Å². The van der Waals surface area contributed by atoms with Gasteiger partial charge in [-0.15, -0.1) is 0 Å². The molecule has 0 bridgehead atoms. The van der Waals surface area contributed by atoms with Gasteiger partial charge in [-0.1, -0.05) is 13.8 Å². The third-order valence-corrected chi connectivity index (χ3v) is 1.68. The zero-order valence-electron chi connectivity index (χ0n) is 6.26. The van der Waals surface area contributed by atoms with Crippen molar-refractivity contribution in [1.29, 1.82) is 0 Å². The summed E-state index contributed by atoms with van der Waals surface area (Å²) in [4.78, 5) is 0. The van der Waals surface area contributed by atoms with E-state index in [0.29, 0.717) is 0 Å². The highest BCUT2D eigenvalue weighted by Gasteiger charge is 2.17. The Morgan fingerprint density at radius 1 is 1.67 bits per heavy atom. The molecule has 2 heteroatoms. The van der Waals surface area contributed by atoms with Gasteiger partial charge in [-0.05, 0) is 24.6 Å². The first-order valence-electron chi connectivity index (χ1n) is 3.72. The number of hydrogen-bond donors (Lipinski definition) is 0. The normalized spacial score (nSPS) is 26.8. The van der Waals surface area contributed by atoms with E-state index in [1.165, 1.54) is 6.42 Å². The summed E-state index contributed by atoms with van der Waals surface area (Å²) in [6.45, 7) is 5.48.